The molecule has 0 aliphatic heterocycles. The molecule has 0 unspecified atom stereocenters. The summed E-state index contributed by atoms with van der Waals surface area (Å²) in [6.07, 6.45) is 0. The van der Waals surface area contributed by atoms with Crippen LogP contribution in [-0.4, -0.2) is 0 Å². The van der Waals surface area contributed by atoms with Gasteiger partial charge < -0.3 is 11.1 Å². The molecule has 0 heterocycles. The maximum atomic E-state index is 5.92. The van der Waals surface area contributed by atoms with Gasteiger partial charge in [-0.2, -0.15) is 0 Å². The van der Waals surface area contributed by atoms with Crippen LogP contribution in [0.3, 0.4) is 0 Å². The van der Waals surface area contributed by atoms with Crippen LogP contribution in [-0.2, 0) is 0 Å². The normalized spacial score (nSPS) is 10.1. The molecule has 2 aromatic rings. The summed E-state index contributed by atoms with van der Waals surface area (Å²) in [5.74, 6) is 0. The molecule has 0 aromatic heterocycles. The average Bonchev–Trinajstić information content (AvgIpc) is 2.27. The van der Waals surface area contributed by atoms with Crippen LogP contribution in [0.2, 0.25) is 10.0 Å². The molecule has 0 amide bonds. The Hall–Kier alpha value is -1.38. The minimum atomic E-state index is 0.541. The van der Waals surface area contributed by atoms with Gasteiger partial charge in [0.1, 0.15) is 0 Å². The summed E-state index contributed by atoms with van der Waals surface area (Å²) in [5, 5.41) is 4.45. The van der Waals surface area contributed by atoms with Crippen molar-refractivity contribution in [2.45, 2.75) is 0 Å². The number of benzene rings is 2. The summed E-state index contributed by atoms with van der Waals surface area (Å²) in [7, 11) is 0. The topological polar surface area (TPSA) is 38.0 Å². The maximum absolute atomic E-state index is 5.92. The quantitative estimate of drug-likeness (QED) is 0.782. The Balaban J connectivity index is 2.20. The van der Waals surface area contributed by atoms with E-state index < -0.39 is 0 Å². The van der Waals surface area contributed by atoms with Gasteiger partial charge in [0.05, 0.1) is 10.7 Å². The summed E-state index contributed by atoms with van der Waals surface area (Å²) in [6, 6.07) is 12.9. The van der Waals surface area contributed by atoms with E-state index in [0.29, 0.717) is 15.7 Å². The zero-order chi connectivity index (χ0) is 11.5. The smallest absolute Gasteiger partial charge is 0.0656 e. The Morgan fingerprint density at radius 1 is 0.875 bits per heavy atom. The molecule has 0 saturated carbocycles. The van der Waals surface area contributed by atoms with Gasteiger partial charge in [-0.15, -0.1) is 0 Å². The van der Waals surface area contributed by atoms with Crippen LogP contribution in [0.15, 0.2) is 42.5 Å². The van der Waals surface area contributed by atoms with E-state index in [4.69, 9.17) is 28.9 Å². The van der Waals surface area contributed by atoms with E-state index in [1.807, 2.05) is 30.3 Å². The molecule has 16 heavy (non-hydrogen) atoms. The SMILES string of the molecule is Nc1ccc(Nc2ccc(Cl)cc2)cc1Cl. The average molecular weight is 253 g/mol. The Labute approximate surface area is 104 Å². The molecular weight excluding hydrogens is 243 g/mol. The van der Waals surface area contributed by atoms with Gasteiger partial charge in [-0.3, -0.25) is 0 Å². The van der Waals surface area contributed by atoms with E-state index in [9.17, 15) is 0 Å². The van der Waals surface area contributed by atoms with Crippen LogP contribution in [0, 0.1) is 0 Å². The van der Waals surface area contributed by atoms with Crippen LogP contribution < -0.4 is 11.1 Å². The zero-order valence-corrected chi connectivity index (χ0v) is 9.89. The highest BCUT2D eigenvalue weighted by molar-refractivity contribution is 6.33. The molecule has 0 saturated heterocycles. The molecular formula is C12H10Cl2N2. The minimum absolute atomic E-state index is 0.541. The van der Waals surface area contributed by atoms with Gasteiger partial charge in [-0.25, -0.2) is 0 Å². The molecule has 82 valence electrons. The Morgan fingerprint density at radius 2 is 1.50 bits per heavy atom. The standard InChI is InChI=1S/C12H10Cl2N2/c13-8-1-3-9(4-2-8)16-10-5-6-12(15)11(14)7-10/h1-7,16H,15H2. The Bertz CT molecular complexity index is 495. The van der Waals surface area contributed by atoms with Crippen LogP contribution >= 0.6 is 23.2 Å². The third kappa shape index (κ3) is 2.60. The molecule has 2 nitrogen and oxygen atoms in total. The number of nitrogens with two attached hydrogens (primary N) is 1. The van der Waals surface area contributed by atoms with E-state index in [2.05, 4.69) is 5.32 Å². The predicted molar refractivity (Wildman–Crippen MR) is 70.6 cm³/mol. The molecule has 0 atom stereocenters. The van der Waals surface area contributed by atoms with Crippen molar-refractivity contribution in [3.63, 3.8) is 0 Å². The van der Waals surface area contributed by atoms with Gasteiger partial charge >= 0.3 is 0 Å². The molecule has 0 aliphatic carbocycles. The van der Waals surface area contributed by atoms with Gasteiger partial charge in [0, 0.05) is 16.4 Å². The Morgan fingerprint density at radius 3 is 2.12 bits per heavy atom. The molecule has 2 aromatic carbocycles. The van der Waals surface area contributed by atoms with E-state index in [1.165, 1.54) is 0 Å². The second-order valence-electron chi connectivity index (χ2n) is 3.37. The van der Waals surface area contributed by atoms with E-state index >= 15 is 0 Å². The summed E-state index contributed by atoms with van der Waals surface area (Å²) in [4.78, 5) is 0. The third-order valence-electron chi connectivity index (χ3n) is 2.13. The maximum Gasteiger partial charge on any atom is 0.0656 e. The van der Waals surface area contributed by atoms with Gasteiger partial charge in [-0.1, -0.05) is 23.2 Å². The van der Waals surface area contributed by atoms with Crippen LogP contribution in [0.4, 0.5) is 17.1 Å². The lowest BCUT2D eigenvalue weighted by molar-refractivity contribution is 1.55. The monoisotopic (exact) mass is 252 g/mol. The van der Waals surface area contributed by atoms with E-state index in [0.717, 1.165) is 11.4 Å². The van der Waals surface area contributed by atoms with Crippen molar-refractivity contribution in [1.82, 2.24) is 0 Å². The molecule has 0 bridgehead atoms. The van der Waals surface area contributed by atoms with Gasteiger partial charge in [0.25, 0.3) is 0 Å². The number of anilines is 3. The fraction of sp³-hybridized carbons (Fsp3) is 0. The zero-order valence-electron chi connectivity index (χ0n) is 8.37. The molecule has 4 heteroatoms. The van der Waals surface area contributed by atoms with Gasteiger partial charge in [-0.05, 0) is 42.5 Å². The number of nitrogens with one attached hydrogen (secondary N) is 1. The second kappa shape index (κ2) is 4.64. The molecule has 0 fully saturated rings. The van der Waals surface area contributed by atoms with Crippen molar-refractivity contribution in [3.05, 3.63) is 52.5 Å². The summed E-state index contributed by atoms with van der Waals surface area (Å²) in [5.41, 5.74) is 8.04. The van der Waals surface area contributed by atoms with Gasteiger partial charge in [0.2, 0.25) is 0 Å². The molecule has 3 N–H and O–H groups in total. The van der Waals surface area contributed by atoms with Crippen molar-refractivity contribution in [1.29, 1.82) is 0 Å². The van der Waals surface area contributed by atoms with Crippen molar-refractivity contribution < 1.29 is 0 Å². The first-order valence-corrected chi connectivity index (χ1v) is 5.48. The number of hydrogen-bond donors (Lipinski definition) is 2. The lowest BCUT2D eigenvalue weighted by Gasteiger charge is -2.07. The van der Waals surface area contributed by atoms with Crippen molar-refractivity contribution in [2.24, 2.45) is 0 Å². The third-order valence-corrected chi connectivity index (χ3v) is 2.71. The highest BCUT2D eigenvalue weighted by Gasteiger charge is 1.99. The van der Waals surface area contributed by atoms with Crippen LogP contribution in [0.5, 0.6) is 0 Å². The van der Waals surface area contributed by atoms with Crippen LogP contribution in [0.25, 0.3) is 0 Å². The Kier molecular flexibility index (Phi) is 3.22. The molecule has 2 rings (SSSR count). The van der Waals surface area contributed by atoms with Crippen molar-refractivity contribution in [2.75, 3.05) is 11.1 Å². The van der Waals surface area contributed by atoms with E-state index in [1.54, 1.807) is 12.1 Å². The first-order valence-electron chi connectivity index (χ1n) is 4.73. The second-order valence-corrected chi connectivity index (χ2v) is 4.21. The summed E-state index contributed by atoms with van der Waals surface area (Å²) < 4.78 is 0. The number of nitrogen functional groups attached to an aromatic ring is 1. The van der Waals surface area contributed by atoms with E-state index in [-0.39, 0.29) is 0 Å². The number of rotatable bonds is 2. The van der Waals surface area contributed by atoms with Gasteiger partial charge in [0.15, 0.2) is 0 Å². The number of hydrogen-bond acceptors (Lipinski definition) is 2. The van der Waals surface area contributed by atoms with Crippen molar-refractivity contribution in [3.8, 4) is 0 Å². The first-order chi connectivity index (χ1) is 7.65. The highest BCUT2D eigenvalue weighted by atomic mass is 35.5. The van der Waals surface area contributed by atoms with Crippen LogP contribution in [0.1, 0.15) is 0 Å². The fourth-order valence-corrected chi connectivity index (χ4v) is 1.61. The molecule has 0 radical (unpaired) electrons. The predicted octanol–water partition coefficient (Wildman–Crippen LogP) is 4.32. The lowest BCUT2D eigenvalue weighted by Crippen LogP contribution is -1.92. The minimum Gasteiger partial charge on any atom is -0.398 e. The van der Waals surface area contributed by atoms with Crippen molar-refractivity contribution >= 4 is 40.3 Å². The molecule has 0 aliphatic rings. The lowest BCUT2D eigenvalue weighted by atomic mass is 10.2. The largest absolute Gasteiger partial charge is 0.398 e. The summed E-state index contributed by atoms with van der Waals surface area (Å²) >= 11 is 11.7. The highest BCUT2D eigenvalue weighted by Crippen LogP contribution is 2.25. The number of halogens is 2. The first kappa shape index (κ1) is 11.1. The molecule has 0 spiro atoms. The fourth-order valence-electron chi connectivity index (χ4n) is 1.30. The summed E-state index contributed by atoms with van der Waals surface area (Å²) in [6.45, 7) is 0.